The molecule has 0 saturated carbocycles. The summed E-state index contributed by atoms with van der Waals surface area (Å²) in [4.78, 5) is 12.0. The largest absolute Gasteiger partial charge is 0.396 e. The van der Waals surface area contributed by atoms with Crippen LogP contribution in [-0.4, -0.2) is 37.3 Å². The average Bonchev–Trinajstić information content (AvgIpc) is 2.72. The van der Waals surface area contributed by atoms with Crippen LogP contribution in [0.1, 0.15) is 33.1 Å². The fourth-order valence-electron chi connectivity index (χ4n) is 2.48. The van der Waals surface area contributed by atoms with Crippen molar-refractivity contribution in [2.24, 2.45) is 17.8 Å². The fourth-order valence-corrected chi connectivity index (χ4v) is 2.48. The zero-order chi connectivity index (χ0) is 12.7. The molecule has 1 aliphatic heterocycles. The molecule has 4 heteroatoms. The Morgan fingerprint density at radius 3 is 2.76 bits per heavy atom. The van der Waals surface area contributed by atoms with E-state index in [9.17, 15) is 4.79 Å². The Hall–Kier alpha value is -0.610. The zero-order valence-corrected chi connectivity index (χ0v) is 11.0. The third-order valence-electron chi connectivity index (χ3n) is 3.65. The minimum Gasteiger partial charge on any atom is -0.396 e. The van der Waals surface area contributed by atoms with Gasteiger partial charge in [0.15, 0.2) is 0 Å². The van der Waals surface area contributed by atoms with Gasteiger partial charge in [-0.05, 0) is 31.2 Å². The molecular formula is C13H26N2O2. The second kappa shape index (κ2) is 7.67. The van der Waals surface area contributed by atoms with E-state index in [0.717, 1.165) is 32.4 Å². The van der Waals surface area contributed by atoms with Crippen molar-refractivity contribution in [3.05, 3.63) is 0 Å². The van der Waals surface area contributed by atoms with Crippen molar-refractivity contribution in [3.63, 3.8) is 0 Å². The van der Waals surface area contributed by atoms with Crippen LogP contribution in [0.25, 0.3) is 0 Å². The lowest BCUT2D eigenvalue weighted by Crippen LogP contribution is -2.37. The van der Waals surface area contributed by atoms with Crippen LogP contribution < -0.4 is 10.6 Å². The van der Waals surface area contributed by atoms with E-state index in [1.807, 2.05) is 0 Å². The van der Waals surface area contributed by atoms with Crippen molar-refractivity contribution in [2.45, 2.75) is 33.1 Å². The molecule has 3 N–H and O–H groups in total. The predicted molar refractivity (Wildman–Crippen MR) is 68.6 cm³/mol. The maximum Gasteiger partial charge on any atom is 0.224 e. The molecule has 1 saturated heterocycles. The van der Waals surface area contributed by atoms with Gasteiger partial charge in [-0.3, -0.25) is 4.79 Å². The summed E-state index contributed by atoms with van der Waals surface area (Å²) >= 11 is 0. The Kier molecular flexibility index (Phi) is 6.52. The minimum atomic E-state index is 0.117. The van der Waals surface area contributed by atoms with E-state index in [-0.39, 0.29) is 18.4 Å². The van der Waals surface area contributed by atoms with Crippen LogP contribution in [0.2, 0.25) is 0 Å². The highest BCUT2D eigenvalue weighted by Crippen LogP contribution is 2.16. The Bertz CT molecular complexity index is 227. The third kappa shape index (κ3) is 4.64. The fraction of sp³-hybridized carbons (Fsp3) is 0.923. The highest BCUT2D eigenvalue weighted by molar-refractivity contribution is 5.79. The molecule has 3 atom stereocenters. The Morgan fingerprint density at radius 2 is 2.24 bits per heavy atom. The standard InChI is InChI=1S/C13H26N2O2/c1-3-4-11(5-6-16)8-15-13(17)12-9-14-7-10(12)2/h10-12,14,16H,3-9H2,1-2H3,(H,15,17). The molecule has 0 bridgehead atoms. The highest BCUT2D eigenvalue weighted by atomic mass is 16.3. The smallest absolute Gasteiger partial charge is 0.224 e. The third-order valence-corrected chi connectivity index (χ3v) is 3.65. The van der Waals surface area contributed by atoms with Gasteiger partial charge in [-0.25, -0.2) is 0 Å². The predicted octanol–water partition coefficient (Wildman–Crippen LogP) is 0.757. The van der Waals surface area contributed by atoms with E-state index in [4.69, 9.17) is 5.11 Å². The van der Waals surface area contributed by atoms with Crippen molar-refractivity contribution < 1.29 is 9.90 Å². The lowest BCUT2D eigenvalue weighted by molar-refractivity contribution is -0.125. The summed E-state index contributed by atoms with van der Waals surface area (Å²) in [6, 6.07) is 0. The lowest BCUT2D eigenvalue weighted by atomic mass is 9.96. The molecule has 1 amide bonds. The van der Waals surface area contributed by atoms with Crippen molar-refractivity contribution in [1.82, 2.24) is 10.6 Å². The topological polar surface area (TPSA) is 61.4 Å². The number of amides is 1. The number of hydrogen-bond acceptors (Lipinski definition) is 3. The van der Waals surface area contributed by atoms with Gasteiger partial charge >= 0.3 is 0 Å². The van der Waals surface area contributed by atoms with Gasteiger partial charge in [-0.15, -0.1) is 0 Å². The van der Waals surface area contributed by atoms with Gasteiger partial charge in [-0.2, -0.15) is 0 Å². The summed E-state index contributed by atoms with van der Waals surface area (Å²) in [7, 11) is 0. The molecular weight excluding hydrogens is 216 g/mol. The van der Waals surface area contributed by atoms with Gasteiger partial charge in [0.1, 0.15) is 0 Å². The molecule has 0 radical (unpaired) electrons. The lowest BCUT2D eigenvalue weighted by Gasteiger charge is -2.19. The van der Waals surface area contributed by atoms with E-state index in [1.165, 1.54) is 0 Å². The normalized spacial score (nSPS) is 25.8. The number of carbonyl (C=O) groups is 1. The second-order valence-corrected chi connectivity index (χ2v) is 5.15. The van der Waals surface area contributed by atoms with Gasteiger partial charge in [-0.1, -0.05) is 20.3 Å². The summed E-state index contributed by atoms with van der Waals surface area (Å²) in [5.41, 5.74) is 0. The molecule has 100 valence electrons. The second-order valence-electron chi connectivity index (χ2n) is 5.15. The van der Waals surface area contributed by atoms with Crippen LogP contribution in [0, 0.1) is 17.8 Å². The molecule has 4 nitrogen and oxygen atoms in total. The van der Waals surface area contributed by atoms with E-state index >= 15 is 0 Å². The number of aliphatic hydroxyl groups excluding tert-OH is 1. The average molecular weight is 242 g/mol. The van der Waals surface area contributed by atoms with Crippen molar-refractivity contribution in [1.29, 1.82) is 0 Å². The monoisotopic (exact) mass is 242 g/mol. The molecule has 0 aliphatic carbocycles. The number of aliphatic hydroxyl groups is 1. The number of hydrogen-bond donors (Lipinski definition) is 3. The molecule has 1 fully saturated rings. The van der Waals surface area contributed by atoms with Gasteiger partial charge in [0.2, 0.25) is 5.91 Å². The van der Waals surface area contributed by atoms with Crippen LogP contribution in [0.4, 0.5) is 0 Å². The summed E-state index contributed by atoms with van der Waals surface area (Å²) in [6.07, 6.45) is 2.95. The number of rotatable bonds is 7. The van der Waals surface area contributed by atoms with Gasteiger partial charge < -0.3 is 15.7 Å². The Labute approximate surface area is 104 Å². The first-order valence-electron chi connectivity index (χ1n) is 6.78. The van der Waals surface area contributed by atoms with Crippen LogP contribution in [0.15, 0.2) is 0 Å². The van der Waals surface area contributed by atoms with Crippen LogP contribution in [0.5, 0.6) is 0 Å². The van der Waals surface area contributed by atoms with E-state index < -0.39 is 0 Å². The molecule has 1 aliphatic rings. The first kappa shape index (κ1) is 14.5. The van der Waals surface area contributed by atoms with Crippen molar-refractivity contribution in [2.75, 3.05) is 26.2 Å². The SMILES string of the molecule is CCCC(CCO)CNC(=O)C1CNCC1C. The zero-order valence-electron chi connectivity index (χ0n) is 11.0. The van der Waals surface area contributed by atoms with Crippen LogP contribution in [0.3, 0.4) is 0 Å². The molecule has 1 rings (SSSR count). The molecule has 3 unspecified atom stereocenters. The maximum atomic E-state index is 12.0. The van der Waals surface area contributed by atoms with E-state index in [2.05, 4.69) is 24.5 Å². The molecule has 0 aromatic carbocycles. The van der Waals surface area contributed by atoms with Gasteiger partial charge in [0.05, 0.1) is 5.92 Å². The molecule has 17 heavy (non-hydrogen) atoms. The van der Waals surface area contributed by atoms with E-state index in [0.29, 0.717) is 18.4 Å². The first-order valence-corrected chi connectivity index (χ1v) is 6.78. The minimum absolute atomic E-state index is 0.117. The first-order chi connectivity index (χ1) is 8.19. The number of carbonyl (C=O) groups excluding carboxylic acids is 1. The number of nitrogens with one attached hydrogen (secondary N) is 2. The van der Waals surface area contributed by atoms with Gasteiger partial charge in [0, 0.05) is 19.7 Å². The van der Waals surface area contributed by atoms with Gasteiger partial charge in [0.25, 0.3) is 0 Å². The summed E-state index contributed by atoms with van der Waals surface area (Å²) in [6.45, 7) is 6.90. The maximum absolute atomic E-state index is 12.0. The van der Waals surface area contributed by atoms with Crippen molar-refractivity contribution in [3.8, 4) is 0 Å². The quantitative estimate of drug-likeness (QED) is 0.617. The summed E-state index contributed by atoms with van der Waals surface area (Å²) in [5, 5.41) is 15.2. The Balaban J connectivity index is 2.29. The highest BCUT2D eigenvalue weighted by Gasteiger charge is 2.29. The van der Waals surface area contributed by atoms with Crippen molar-refractivity contribution >= 4 is 5.91 Å². The summed E-state index contributed by atoms with van der Waals surface area (Å²) in [5.74, 6) is 1.13. The molecule has 0 spiro atoms. The van der Waals surface area contributed by atoms with E-state index in [1.54, 1.807) is 0 Å². The molecule has 0 aromatic heterocycles. The summed E-state index contributed by atoms with van der Waals surface area (Å²) < 4.78 is 0. The van der Waals surface area contributed by atoms with Crippen LogP contribution in [-0.2, 0) is 4.79 Å². The molecule has 1 heterocycles. The Morgan fingerprint density at radius 1 is 1.47 bits per heavy atom. The molecule has 0 aromatic rings. The van der Waals surface area contributed by atoms with Crippen LogP contribution >= 0.6 is 0 Å².